The van der Waals surface area contributed by atoms with Gasteiger partial charge in [-0.3, -0.25) is 0 Å². The number of allylic oxidation sites excluding steroid dienone is 1. The summed E-state index contributed by atoms with van der Waals surface area (Å²) in [4.78, 5) is 1.18. The maximum atomic E-state index is 8.43. The minimum Gasteiger partial charge on any atom is -0.348 e. The van der Waals surface area contributed by atoms with Crippen LogP contribution in [0.5, 0.6) is 0 Å². The second-order valence-electron chi connectivity index (χ2n) is 2.36. The molecule has 1 aliphatic heterocycles. The van der Waals surface area contributed by atoms with Gasteiger partial charge in [0.15, 0.2) is 0 Å². The Hall–Kier alpha value is -1.40. The Morgan fingerprint density at radius 2 is 2.25 bits per heavy atom. The van der Waals surface area contributed by atoms with Crippen LogP contribution >= 0.6 is 11.8 Å². The third-order valence-electron chi connectivity index (χ3n) is 1.56. The Kier molecular flexibility index (Phi) is 1.77. The monoisotopic (exact) mass is 174 g/mol. The third kappa shape index (κ3) is 1.17. The van der Waals surface area contributed by atoms with Crippen LogP contribution in [0.15, 0.2) is 40.3 Å². The highest BCUT2D eigenvalue weighted by Crippen LogP contribution is 2.39. The average Bonchev–Trinajstić information content (AvgIpc) is 2.47. The van der Waals surface area contributed by atoms with Crippen LogP contribution in [0.2, 0.25) is 0 Å². The van der Waals surface area contributed by atoms with Crippen molar-refractivity contribution in [2.24, 2.45) is 0 Å². The van der Waals surface area contributed by atoms with Crippen molar-refractivity contribution in [1.82, 2.24) is 0 Å². The molecule has 0 fully saturated rings. The van der Waals surface area contributed by atoms with E-state index in [0.717, 1.165) is 10.7 Å². The Labute approximate surface area is 74.9 Å². The molecule has 0 bridgehead atoms. The van der Waals surface area contributed by atoms with Crippen molar-refractivity contribution < 1.29 is 0 Å². The van der Waals surface area contributed by atoms with E-state index in [1.165, 1.54) is 11.0 Å². The zero-order valence-corrected chi connectivity index (χ0v) is 7.06. The number of nitrogens with zero attached hydrogens (tertiary/aromatic N) is 1. The Bertz CT molecular complexity index is 349. The quantitative estimate of drug-likeness (QED) is 0.614. The Balaban J connectivity index is 2.35. The molecular formula is C9H6N2S. The van der Waals surface area contributed by atoms with Crippen molar-refractivity contribution >= 4 is 17.4 Å². The average molecular weight is 174 g/mol. The number of nitriles is 1. The first-order chi connectivity index (χ1) is 5.90. The van der Waals surface area contributed by atoms with Gasteiger partial charge in [0.2, 0.25) is 0 Å². The molecule has 2 rings (SSSR count). The van der Waals surface area contributed by atoms with Gasteiger partial charge in [-0.25, -0.2) is 0 Å². The van der Waals surface area contributed by atoms with Gasteiger partial charge in [0.05, 0.1) is 16.8 Å². The highest BCUT2D eigenvalue weighted by Gasteiger charge is 2.13. The lowest BCUT2D eigenvalue weighted by Gasteiger charge is -1.93. The minimum atomic E-state index is 0.902. The van der Waals surface area contributed by atoms with Crippen molar-refractivity contribution in [2.45, 2.75) is 4.90 Å². The molecule has 1 heterocycles. The molecule has 0 radical (unpaired) electrons. The van der Waals surface area contributed by atoms with Crippen molar-refractivity contribution in [3.8, 4) is 6.07 Å². The van der Waals surface area contributed by atoms with Crippen LogP contribution in [-0.2, 0) is 0 Å². The molecular weight excluding hydrogens is 168 g/mol. The highest BCUT2D eigenvalue weighted by molar-refractivity contribution is 8.03. The summed E-state index contributed by atoms with van der Waals surface area (Å²) in [5.41, 5.74) is 1.09. The van der Waals surface area contributed by atoms with E-state index >= 15 is 0 Å². The summed E-state index contributed by atoms with van der Waals surface area (Å²) in [6.07, 6.45) is 1.52. The largest absolute Gasteiger partial charge is 0.348 e. The number of hydrogen-bond acceptors (Lipinski definition) is 3. The number of nitrogens with one attached hydrogen (secondary N) is 1. The van der Waals surface area contributed by atoms with Gasteiger partial charge in [-0.1, -0.05) is 23.9 Å². The van der Waals surface area contributed by atoms with Gasteiger partial charge in [-0.05, 0) is 12.1 Å². The molecule has 0 aromatic heterocycles. The predicted octanol–water partition coefficient (Wildman–Crippen LogP) is 2.57. The molecule has 0 atom stereocenters. The molecule has 3 heteroatoms. The molecule has 0 saturated heterocycles. The van der Waals surface area contributed by atoms with Gasteiger partial charge in [-0.2, -0.15) is 5.26 Å². The van der Waals surface area contributed by atoms with Crippen LogP contribution in [0.4, 0.5) is 5.69 Å². The minimum absolute atomic E-state index is 0.902. The summed E-state index contributed by atoms with van der Waals surface area (Å²) in [5, 5.41) is 12.5. The molecule has 0 spiro atoms. The Morgan fingerprint density at radius 1 is 1.42 bits per heavy atom. The zero-order valence-electron chi connectivity index (χ0n) is 6.24. The van der Waals surface area contributed by atoms with Crippen molar-refractivity contribution in [3.05, 3.63) is 35.4 Å². The van der Waals surface area contributed by atoms with Gasteiger partial charge >= 0.3 is 0 Å². The first kappa shape index (κ1) is 7.26. The van der Waals surface area contributed by atoms with Crippen molar-refractivity contribution in [2.75, 3.05) is 5.32 Å². The van der Waals surface area contributed by atoms with E-state index < -0.39 is 0 Å². The molecule has 2 nitrogen and oxygen atoms in total. The topological polar surface area (TPSA) is 35.8 Å². The number of benzene rings is 1. The number of hydrogen-bond donors (Lipinski definition) is 1. The molecule has 0 aliphatic carbocycles. The molecule has 0 unspecified atom stereocenters. The van der Waals surface area contributed by atoms with Gasteiger partial charge in [0.1, 0.15) is 0 Å². The molecule has 1 N–H and O–H groups in total. The van der Waals surface area contributed by atoms with E-state index in [9.17, 15) is 0 Å². The molecule has 1 aliphatic rings. The molecule has 0 saturated carbocycles. The van der Waals surface area contributed by atoms with Crippen LogP contribution in [0, 0.1) is 11.3 Å². The summed E-state index contributed by atoms with van der Waals surface area (Å²) in [5.74, 6) is 0. The van der Waals surface area contributed by atoms with Crippen LogP contribution in [0.1, 0.15) is 0 Å². The van der Waals surface area contributed by atoms with Gasteiger partial charge < -0.3 is 5.32 Å². The summed E-state index contributed by atoms with van der Waals surface area (Å²) < 4.78 is 0. The van der Waals surface area contributed by atoms with Crippen molar-refractivity contribution in [1.29, 1.82) is 5.26 Å². The summed E-state index contributed by atoms with van der Waals surface area (Å²) in [6.45, 7) is 0. The maximum Gasteiger partial charge on any atom is 0.0939 e. The van der Waals surface area contributed by atoms with E-state index in [-0.39, 0.29) is 0 Å². The second kappa shape index (κ2) is 2.92. The van der Waals surface area contributed by atoms with Gasteiger partial charge in [-0.15, -0.1) is 0 Å². The SMILES string of the molecule is N#C/C=C1\Nc2ccccc2S1. The predicted molar refractivity (Wildman–Crippen MR) is 49.6 cm³/mol. The summed E-state index contributed by atoms with van der Waals surface area (Å²) in [6, 6.07) is 10.00. The summed E-state index contributed by atoms with van der Waals surface area (Å²) >= 11 is 1.59. The van der Waals surface area contributed by atoms with E-state index in [0.29, 0.717) is 0 Å². The molecule has 58 valence electrons. The fourth-order valence-electron chi connectivity index (χ4n) is 1.06. The molecule has 12 heavy (non-hydrogen) atoms. The standard InChI is InChI=1S/C9H6N2S/c10-6-5-9-11-7-3-1-2-4-8(7)12-9/h1-5,11H/b9-5+. The fraction of sp³-hybridized carbons (Fsp3) is 0. The third-order valence-corrected chi connectivity index (χ3v) is 2.58. The van der Waals surface area contributed by atoms with Gasteiger partial charge in [0.25, 0.3) is 0 Å². The second-order valence-corrected chi connectivity index (χ2v) is 3.44. The first-order valence-corrected chi connectivity index (χ1v) is 4.35. The van der Waals surface area contributed by atoms with Crippen LogP contribution in [-0.4, -0.2) is 0 Å². The lowest BCUT2D eigenvalue weighted by atomic mass is 10.3. The number of para-hydroxylation sites is 1. The van der Waals surface area contributed by atoms with E-state index in [1.807, 2.05) is 30.3 Å². The smallest absolute Gasteiger partial charge is 0.0939 e. The molecule has 0 amide bonds. The molecule has 1 aromatic rings. The van der Waals surface area contributed by atoms with E-state index in [2.05, 4.69) is 5.32 Å². The summed E-state index contributed by atoms with van der Waals surface area (Å²) in [7, 11) is 0. The van der Waals surface area contributed by atoms with E-state index in [1.54, 1.807) is 11.8 Å². The van der Waals surface area contributed by atoms with Crippen LogP contribution in [0.25, 0.3) is 0 Å². The van der Waals surface area contributed by atoms with Crippen molar-refractivity contribution in [3.63, 3.8) is 0 Å². The van der Waals surface area contributed by atoms with E-state index in [4.69, 9.17) is 5.26 Å². The molecule has 1 aromatic carbocycles. The zero-order chi connectivity index (χ0) is 8.39. The number of thioether (sulfide) groups is 1. The van der Waals surface area contributed by atoms with Crippen LogP contribution in [0.3, 0.4) is 0 Å². The number of rotatable bonds is 0. The fourth-order valence-corrected chi connectivity index (χ4v) is 1.94. The highest BCUT2D eigenvalue weighted by atomic mass is 32.2. The number of fused-ring (bicyclic) bond motifs is 1. The normalized spacial score (nSPS) is 16.8. The van der Waals surface area contributed by atoms with Gasteiger partial charge in [0, 0.05) is 11.0 Å². The Morgan fingerprint density at radius 3 is 3.00 bits per heavy atom. The first-order valence-electron chi connectivity index (χ1n) is 3.54. The van der Waals surface area contributed by atoms with Crippen LogP contribution < -0.4 is 5.32 Å². The maximum absolute atomic E-state index is 8.43. The number of anilines is 1. The lowest BCUT2D eigenvalue weighted by Crippen LogP contribution is -1.86. The lowest BCUT2D eigenvalue weighted by molar-refractivity contribution is 1.46.